The summed E-state index contributed by atoms with van der Waals surface area (Å²) in [5.41, 5.74) is 0. The van der Waals surface area contributed by atoms with Gasteiger partial charge in [-0.1, -0.05) is 19.8 Å². The fourth-order valence-corrected chi connectivity index (χ4v) is 1.27. The first kappa shape index (κ1) is 14.3. The number of esters is 1. The van der Waals surface area contributed by atoms with Gasteiger partial charge >= 0.3 is 5.97 Å². The van der Waals surface area contributed by atoms with E-state index in [-0.39, 0.29) is 19.2 Å². The van der Waals surface area contributed by atoms with Crippen molar-refractivity contribution < 1.29 is 19.7 Å². The second kappa shape index (κ2) is 8.64. The first-order valence-corrected chi connectivity index (χ1v) is 5.25. The van der Waals surface area contributed by atoms with Crippen LogP contribution in [0.15, 0.2) is 0 Å². The van der Waals surface area contributed by atoms with E-state index in [1.807, 2.05) is 6.92 Å². The van der Waals surface area contributed by atoms with E-state index in [9.17, 15) is 4.79 Å². The Morgan fingerprint density at radius 2 is 2.00 bits per heavy atom. The van der Waals surface area contributed by atoms with Gasteiger partial charge in [-0.25, -0.2) is 0 Å². The van der Waals surface area contributed by atoms with Gasteiger partial charge in [0.05, 0.1) is 26.4 Å². The number of hydrogen-bond donors (Lipinski definition) is 3. The summed E-state index contributed by atoms with van der Waals surface area (Å²) in [4.78, 5) is 11.3. The fourth-order valence-electron chi connectivity index (χ4n) is 1.27. The molecule has 1 atom stereocenters. The number of ether oxygens (including phenoxy) is 1. The maximum absolute atomic E-state index is 11.3. The third-order valence-electron chi connectivity index (χ3n) is 2.21. The molecule has 0 aliphatic heterocycles. The van der Waals surface area contributed by atoms with Crippen molar-refractivity contribution in [1.29, 1.82) is 0 Å². The molecule has 0 aromatic heterocycles. The van der Waals surface area contributed by atoms with Crippen LogP contribution < -0.4 is 5.32 Å². The molecule has 0 bridgehead atoms. The minimum atomic E-state index is -0.467. The van der Waals surface area contributed by atoms with Gasteiger partial charge in [-0.15, -0.1) is 0 Å². The minimum absolute atomic E-state index is 0.198. The van der Waals surface area contributed by atoms with Gasteiger partial charge in [0.15, 0.2) is 0 Å². The fraction of sp³-hybridized carbons (Fsp3) is 0.900. The Labute approximate surface area is 90.4 Å². The summed E-state index contributed by atoms with van der Waals surface area (Å²) >= 11 is 0. The minimum Gasteiger partial charge on any atom is -0.468 e. The Morgan fingerprint density at radius 1 is 1.40 bits per heavy atom. The van der Waals surface area contributed by atoms with Crippen molar-refractivity contribution in [3.63, 3.8) is 0 Å². The Balaban J connectivity index is 4.15. The number of nitrogens with one attached hydrogen (secondary N) is 1. The number of methoxy groups -OCH3 is 1. The molecule has 0 aliphatic rings. The average molecular weight is 219 g/mol. The second-order valence-corrected chi connectivity index (χ2v) is 3.45. The van der Waals surface area contributed by atoms with Crippen LogP contribution in [0.3, 0.4) is 0 Å². The molecule has 0 amide bonds. The van der Waals surface area contributed by atoms with Gasteiger partial charge in [0.25, 0.3) is 0 Å². The standard InChI is InChI=1S/C10H21NO4/c1-3-4-5-9(10(14)15-2)11-8(6-12)7-13/h8-9,11-13H,3-7H2,1-2H3. The van der Waals surface area contributed by atoms with Crippen LogP contribution in [0.25, 0.3) is 0 Å². The summed E-state index contributed by atoms with van der Waals surface area (Å²) in [6.07, 6.45) is 2.54. The van der Waals surface area contributed by atoms with Crippen LogP contribution in [-0.2, 0) is 9.53 Å². The molecule has 0 fully saturated rings. The molecule has 0 aromatic rings. The topological polar surface area (TPSA) is 78.8 Å². The monoisotopic (exact) mass is 219 g/mol. The first-order valence-electron chi connectivity index (χ1n) is 5.25. The normalized spacial score (nSPS) is 12.9. The van der Waals surface area contributed by atoms with Crippen LogP contribution >= 0.6 is 0 Å². The molecule has 3 N–H and O–H groups in total. The van der Waals surface area contributed by atoms with Crippen molar-refractivity contribution in [1.82, 2.24) is 5.32 Å². The quantitative estimate of drug-likeness (QED) is 0.487. The molecule has 90 valence electrons. The lowest BCUT2D eigenvalue weighted by molar-refractivity contribution is -0.143. The molecule has 5 nitrogen and oxygen atoms in total. The van der Waals surface area contributed by atoms with Crippen molar-refractivity contribution in [2.24, 2.45) is 0 Å². The van der Waals surface area contributed by atoms with Crippen LogP contribution in [-0.4, -0.2) is 48.6 Å². The van der Waals surface area contributed by atoms with E-state index in [0.717, 1.165) is 12.8 Å². The number of carbonyl (C=O) groups is 1. The summed E-state index contributed by atoms with van der Waals surface area (Å²) in [6, 6.07) is -0.912. The van der Waals surface area contributed by atoms with E-state index in [1.54, 1.807) is 0 Å². The van der Waals surface area contributed by atoms with Gasteiger partial charge in [0.1, 0.15) is 6.04 Å². The molecule has 0 saturated carbocycles. The number of rotatable bonds is 8. The van der Waals surface area contributed by atoms with Crippen LogP contribution in [0, 0.1) is 0 Å². The molecule has 1 unspecified atom stereocenters. The van der Waals surface area contributed by atoms with Crippen molar-refractivity contribution in [3.05, 3.63) is 0 Å². The van der Waals surface area contributed by atoms with Crippen LogP contribution in [0.4, 0.5) is 0 Å². The lowest BCUT2D eigenvalue weighted by Crippen LogP contribution is -2.47. The highest BCUT2D eigenvalue weighted by Crippen LogP contribution is 2.03. The maximum Gasteiger partial charge on any atom is 0.322 e. The highest BCUT2D eigenvalue weighted by Gasteiger charge is 2.21. The Hall–Kier alpha value is -0.650. The second-order valence-electron chi connectivity index (χ2n) is 3.45. The van der Waals surface area contributed by atoms with Gasteiger partial charge in [-0.2, -0.15) is 0 Å². The highest BCUT2D eigenvalue weighted by atomic mass is 16.5. The van der Waals surface area contributed by atoms with Gasteiger partial charge in [0, 0.05) is 0 Å². The summed E-state index contributed by atoms with van der Waals surface area (Å²) < 4.78 is 4.63. The number of carbonyl (C=O) groups excluding carboxylic acids is 1. The molecule has 0 aliphatic carbocycles. The van der Waals surface area contributed by atoms with Gasteiger partial charge in [-0.3, -0.25) is 10.1 Å². The Morgan fingerprint density at radius 3 is 2.40 bits per heavy atom. The van der Waals surface area contributed by atoms with E-state index >= 15 is 0 Å². The van der Waals surface area contributed by atoms with Crippen LogP contribution in [0.1, 0.15) is 26.2 Å². The summed E-state index contributed by atoms with van der Waals surface area (Å²) in [7, 11) is 1.33. The predicted molar refractivity (Wildman–Crippen MR) is 56.4 cm³/mol. The molecule has 0 radical (unpaired) electrons. The summed E-state index contributed by atoms with van der Waals surface area (Å²) in [6.45, 7) is 1.64. The molecular formula is C10H21NO4. The van der Waals surface area contributed by atoms with Gasteiger partial charge < -0.3 is 14.9 Å². The van der Waals surface area contributed by atoms with Crippen LogP contribution in [0.2, 0.25) is 0 Å². The van der Waals surface area contributed by atoms with Crippen molar-refractivity contribution in [3.8, 4) is 0 Å². The van der Waals surface area contributed by atoms with E-state index in [0.29, 0.717) is 6.42 Å². The zero-order chi connectivity index (χ0) is 11.7. The summed E-state index contributed by atoms with van der Waals surface area (Å²) in [5, 5.41) is 20.6. The molecule has 15 heavy (non-hydrogen) atoms. The SMILES string of the molecule is CCCCC(NC(CO)CO)C(=O)OC. The van der Waals surface area contributed by atoms with E-state index < -0.39 is 12.1 Å². The van der Waals surface area contributed by atoms with Crippen molar-refractivity contribution >= 4 is 5.97 Å². The summed E-state index contributed by atoms with van der Waals surface area (Å²) in [5.74, 6) is -0.352. The number of aliphatic hydroxyl groups excluding tert-OH is 2. The van der Waals surface area contributed by atoms with E-state index in [1.165, 1.54) is 7.11 Å². The number of aliphatic hydroxyl groups is 2. The van der Waals surface area contributed by atoms with Crippen molar-refractivity contribution in [2.75, 3.05) is 20.3 Å². The predicted octanol–water partition coefficient (Wildman–Crippen LogP) is -0.339. The maximum atomic E-state index is 11.3. The molecule has 0 rings (SSSR count). The largest absolute Gasteiger partial charge is 0.468 e. The number of unbranched alkanes of at least 4 members (excludes halogenated alkanes) is 1. The zero-order valence-corrected chi connectivity index (χ0v) is 9.40. The molecule has 0 aromatic carbocycles. The average Bonchev–Trinajstić information content (AvgIpc) is 2.28. The van der Waals surface area contributed by atoms with Crippen LogP contribution in [0.5, 0.6) is 0 Å². The van der Waals surface area contributed by atoms with Gasteiger partial charge in [0.2, 0.25) is 0 Å². The molecule has 5 heteroatoms. The molecule has 0 spiro atoms. The molecule has 0 saturated heterocycles. The zero-order valence-electron chi connectivity index (χ0n) is 9.40. The van der Waals surface area contributed by atoms with E-state index in [2.05, 4.69) is 10.1 Å². The number of hydrogen-bond acceptors (Lipinski definition) is 5. The highest BCUT2D eigenvalue weighted by molar-refractivity contribution is 5.75. The molecule has 0 heterocycles. The third-order valence-corrected chi connectivity index (χ3v) is 2.21. The lowest BCUT2D eigenvalue weighted by Gasteiger charge is -2.21. The molecular weight excluding hydrogens is 198 g/mol. The van der Waals surface area contributed by atoms with Crippen molar-refractivity contribution in [2.45, 2.75) is 38.3 Å². The Kier molecular flexibility index (Phi) is 8.27. The van der Waals surface area contributed by atoms with E-state index in [4.69, 9.17) is 10.2 Å². The Bertz CT molecular complexity index is 171. The smallest absolute Gasteiger partial charge is 0.322 e. The first-order chi connectivity index (χ1) is 7.19. The van der Waals surface area contributed by atoms with Gasteiger partial charge in [-0.05, 0) is 6.42 Å². The lowest BCUT2D eigenvalue weighted by atomic mass is 10.1. The third kappa shape index (κ3) is 5.71.